The zero-order valence-corrected chi connectivity index (χ0v) is 14.1. The normalized spacial score (nSPS) is 19.2. The third kappa shape index (κ3) is 5.14. The Morgan fingerprint density at radius 2 is 2.25 bits per heavy atom. The lowest BCUT2D eigenvalue weighted by atomic mass is 10.0. The molecule has 134 valence electrons. The first-order chi connectivity index (χ1) is 11.5. The minimum absolute atomic E-state index is 0.0525. The number of nitrogens with zero attached hydrogens (tertiary/aromatic N) is 1. The van der Waals surface area contributed by atoms with E-state index in [1.165, 1.54) is 0 Å². The van der Waals surface area contributed by atoms with Crippen molar-refractivity contribution >= 4 is 6.03 Å². The third-order valence-electron chi connectivity index (χ3n) is 4.27. The summed E-state index contributed by atoms with van der Waals surface area (Å²) in [5, 5.41) is 5.64. The van der Waals surface area contributed by atoms with E-state index < -0.39 is 17.7 Å². The van der Waals surface area contributed by atoms with Crippen LogP contribution in [0.25, 0.3) is 0 Å². The molecule has 0 saturated carbocycles. The summed E-state index contributed by atoms with van der Waals surface area (Å²) >= 11 is 0. The van der Waals surface area contributed by atoms with Gasteiger partial charge in [0.2, 0.25) is 0 Å². The maximum absolute atomic E-state index is 13.9. The second-order valence-electron chi connectivity index (χ2n) is 6.02. The summed E-state index contributed by atoms with van der Waals surface area (Å²) in [4.78, 5) is 14.4. The molecule has 1 saturated heterocycles. The van der Waals surface area contributed by atoms with Crippen molar-refractivity contribution in [1.29, 1.82) is 0 Å². The number of carbonyl (C=O) groups excluding carboxylic acids is 1. The molecule has 1 heterocycles. The van der Waals surface area contributed by atoms with Gasteiger partial charge in [0.05, 0.1) is 12.6 Å². The van der Waals surface area contributed by atoms with Crippen molar-refractivity contribution in [1.82, 2.24) is 15.5 Å². The lowest BCUT2D eigenvalue weighted by Crippen LogP contribution is -2.44. The minimum atomic E-state index is -0.563. The summed E-state index contributed by atoms with van der Waals surface area (Å²) < 4.78 is 32.3. The SMILES string of the molecule is CC[C@@H](NC(=O)N[C@H]1CCN(CCOC)C1)c1cc(F)ccc1F. The molecule has 0 radical (unpaired) electrons. The lowest BCUT2D eigenvalue weighted by Gasteiger charge is -2.21. The van der Waals surface area contributed by atoms with Gasteiger partial charge in [0, 0.05) is 38.3 Å². The molecule has 0 aliphatic carbocycles. The van der Waals surface area contributed by atoms with E-state index in [1.807, 2.05) is 6.92 Å². The average Bonchev–Trinajstić information content (AvgIpc) is 3.00. The summed E-state index contributed by atoms with van der Waals surface area (Å²) in [5.41, 5.74) is 0.167. The molecule has 1 aliphatic heterocycles. The number of rotatable bonds is 7. The van der Waals surface area contributed by atoms with Crippen LogP contribution < -0.4 is 10.6 Å². The third-order valence-corrected chi connectivity index (χ3v) is 4.27. The molecule has 2 rings (SSSR count). The van der Waals surface area contributed by atoms with E-state index >= 15 is 0 Å². The van der Waals surface area contributed by atoms with E-state index in [-0.39, 0.29) is 17.6 Å². The van der Waals surface area contributed by atoms with Crippen LogP contribution in [0.3, 0.4) is 0 Å². The molecule has 0 spiro atoms. The van der Waals surface area contributed by atoms with Gasteiger partial charge >= 0.3 is 6.03 Å². The lowest BCUT2D eigenvalue weighted by molar-refractivity contribution is 0.159. The van der Waals surface area contributed by atoms with Crippen molar-refractivity contribution in [3.8, 4) is 0 Å². The molecule has 2 amide bonds. The number of halogens is 2. The van der Waals surface area contributed by atoms with Crippen LogP contribution in [0.1, 0.15) is 31.4 Å². The van der Waals surface area contributed by atoms with Gasteiger partial charge in [-0.05, 0) is 31.0 Å². The maximum Gasteiger partial charge on any atom is 0.315 e. The summed E-state index contributed by atoms with van der Waals surface area (Å²) in [5.74, 6) is -1.04. The minimum Gasteiger partial charge on any atom is -0.383 e. The number of nitrogens with one attached hydrogen (secondary N) is 2. The van der Waals surface area contributed by atoms with E-state index in [0.29, 0.717) is 13.0 Å². The number of methoxy groups -OCH3 is 1. The Balaban J connectivity index is 1.87. The standard InChI is InChI=1S/C17H25F2N3O2/c1-3-16(14-10-12(18)4-5-15(14)19)21-17(23)20-13-6-7-22(11-13)8-9-24-2/h4-5,10,13,16H,3,6-9,11H2,1-2H3,(H2,20,21,23)/t13-,16+/m0/s1. The number of ether oxygens (including phenoxy) is 1. The second kappa shape index (κ2) is 8.94. The first-order valence-corrected chi connectivity index (χ1v) is 8.26. The van der Waals surface area contributed by atoms with Gasteiger partial charge in [-0.2, -0.15) is 0 Å². The summed E-state index contributed by atoms with van der Waals surface area (Å²) in [6.45, 7) is 4.99. The quantitative estimate of drug-likeness (QED) is 0.801. The van der Waals surface area contributed by atoms with E-state index in [1.54, 1.807) is 7.11 Å². The van der Waals surface area contributed by atoms with Crippen LogP contribution in [0.2, 0.25) is 0 Å². The zero-order valence-electron chi connectivity index (χ0n) is 14.1. The van der Waals surface area contributed by atoms with Crippen LogP contribution in [-0.4, -0.2) is 50.3 Å². The fourth-order valence-corrected chi connectivity index (χ4v) is 2.94. The van der Waals surface area contributed by atoms with Gasteiger partial charge in [0.25, 0.3) is 0 Å². The number of hydrogen-bond donors (Lipinski definition) is 2. The van der Waals surface area contributed by atoms with E-state index in [2.05, 4.69) is 15.5 Å². The van der Waals surface area contributed by atoms with Gasteiger partial charge in [0.15, 0.2) is 0 Å². The monoisotopic (exact) mass is 341 g/mol. The van der Waals surface area contributed by atoms with Crippen LogP contribution in [-0.2, 0) is 4.74 Å². The van der Waals surface area contributed by atoms with Crippen molar-refractivity contribution in [2.24, 2.45) is 0 Å². The summed E-state index contributed by atoms with van der Waals surface area (Å²) in [7, 11) is 1.66. The van der Waals surface area contributed by atoms with Crippen molar-refractivity contribution in [3.63, 3.8) is 0 Å². The number of carbonyl (C=O) groups is 1. The number of amides is 2. The fraction of sp³-hybridized carbons (Fsp3) is 0.588. The molecule has 7 heteroatoms. The predicted octanol–water partition coefficient (Wildman–Crippen LogP) is 2.44. The molecule has 2 atom stereocenters. The average molecular weight is 341 g/mol. The number of benzene rings is 1. The summed E-state index contributed by atoms with van der Waals surface area (Å²) in [6.07, 6.45) is 1.33. The van der Waals surface area contributed by atoms with E-state index in [9.17, 15) is 13.6 Å². The highest BCUT2D eigenvalue weighted by atomic mass is 19.1. The van der Waals surface area contributed by atoms with Crippen LogP contribution in [0.5, 0.6) is 0 Å². The van der Waals surface area contributed by atoms with Crippen molar-refractivity contribution in [2.45, 2.75) is 31.8 Å². The Morgan fingerprint density at radius 1 is 1.46 bits per heavy atom. The van der Waals surface area contributed by atoms with Crippen LogP contribution in [0, 0.1) is 11.6 Å². The topological polar surface area (TPSA) is 53.6 Å². The van der Waals surface area contributed by atoms with E-state index in [4.69, 9.17) is 4.74 Å². The number of likely N-dealkylation sites (tertiary alicyclic amines) is 1. The molecule has 0 bridgehead atoms. The van der Waals surface area contributed by atoms with Crippen molar-refractivity contribution in [2.75, 3.05) is 33.4 Å². The molecule has 0 aromatic heterocycles. The molecule has 2 N–H and O–H groups in total. The van der Waals surface area contributed by atoms with Gasteiger partial charge < -0.3 is 15.4 Å². The van der Waals surface area contributed by atoms with Crippen molar-refractivity contribution < 1.29 is 18.3 Å². The van der Waals surface area contributed by atoms with Gasteiger partial charge in [-0.15, -0.1) is 0 Å². The smallest absolute Gasteiger partial charge is 0.315 e. The molecule has 0 unspecified atom stereocenters. The first kappa shape index (κ1) is 18.6. The molecular formula is C17H25F2N3O2. The predicted molar refractivity (Wildman–Crippen MR) is 87.8 cm³/mol. The van der Waals surface area contributed by atoms with Crippen LogP contribution in [0.4, 0.5) is 13.6 Å². The molecule has 1 fully saturated rings. The van der Waals surface area contributed by atoms with E-state index in [0.717, 1.165) is 44.3 Å². The number of urea groups is 1. The van der Waals surface area contributed by atoms with Crippen LogP contribution in [0.15, 0.2) is 18.2 Å². The molecule has 1 aliphatic rings. The maximum atomic E-state index is 13.9. The Labute approximate surface area is 141 Å². The Kier molecular flexibility index (Phi) is 6.93. The first-order valence-electron chi connectivity index (χ1n) is 8.26. The summed E-state index contributed by atoms with van der Waals surface area (Å²) in [6, 6.07) is 2.41. The van der Waals surface area contributed by atoms with Gasteiger partial charge in [-0.1, -0.05) is 6.92 Å². The molecule has 24 heavy (non-hydrogen) atoms. The molecule has 1 aromatic carbocycles. The zero-order chi connectivity index (χ0) is 17.5. The Morgan fingerprint density at radius 3 is 2.96 bits per heavy atom. The highest BCUT2D eigenvalue weighted by Crippen LogP contribution is 2.21. The van der Waals surface area contributed by atoms with Gasteiger partial charge in [-0.25, -0.2) is 13.6 Å². The number of hydrogen-bond acceptors (Lipinski definition) is 3. The molecule has 1 aromatic rings. The highest BCUT2D eigenvalue weighted by Gasteiger charge is 2.25. The van der Waals surface area contributed by atoms with Crippen molar-refractivity contribution in [3.05, 3.63) is 35.4 Å². The Bertz CT molecular complexity index is 557. The second-order valence-corrected chi connectivity index (χ2v) is 6.02. The Hall–Kier alpha value is -1.73. The van der Waals surface area contributed by atoms with Gasteiger partial charge in [-0.3, -0.25) is 4.90 Å². The molecule has 5 nitrogen and oxygen atoms in total. The molecular weight excluding hydrogens is 316 g/mol. The highest BCUT2D eigenvalue weighted by molar-refractivity contribution is 5.74. The van der Waals surface area contributed by atoms with Crippen LogP contribution >= 0.6 is 0 Å². The fourth-order valence-electron chi connectivity index (χ4n) is 2.94. The van der Waals surface area contributed by atoms with Gasteiger partial charge in [0.1, 0.15) is 11.6 Å². The largest absolute Gasteiger partial charge is 0.383 e.